The van der Waals surface area contributed by atoms with Gasteiger partial charge in [-0.25, -0.2) is 9.97 Å². The Bertz CT molecular complexity index is 1560. The van der Waals surface area contributed by atoms with E-state index in [1.54, 1.807) is 30.3 Å². The summed E-state index contributed by atoms with van der Waals surface area (Å²) in [5.74, 6) is 0.377. The molecule has 0 N–H and O–H groups in total. The van der Waals surface area contributed by atoms with Gasteiger partial charge in [-0.05, 0) is 80.8 Å². The van der Waals surface area contributed by atoms with E-state index in [1.165, 1.54) is 10.6 Å². The molecule has 6 nitrogen and oxygen atoms in total. The van der Waals surface area contributed by atoms with Crippen LogP contribution < -0.4 is 10.3 Å². The summed E-state index contributed by atoms with van der Waals surface area (Å²) in [6.45, 7) is 7.41. The monoisotopic (exact) mass is 504 g/mol. The van der Waals surface area contributed by atoms with Gasteiger partial charge in [0.15, 0.2) is 0 Å². The minimum absolute atomic E-state index is 0.00174. The molecule has 2 heterocycles. The Labute approximate surface area is 211 Å². The number of nitrogens with zero attached hydrogens (tertiary/aromatic N) is 4. The van der Waals surface area contributed by atoms with Crippen LogP contribution in [0.2, 0.25) is 0 Å². The number of pyridine rings is 1. The highest BCUT2D eigenvalue weighted by Crippen LogP contribution is 2.34. The van der Waals surface area contributed by atoms with Crippen molar-refractivity contribution < 1.29 is 17.9 Å². The molecule has 4 aromatic rings. The van der Waals surface area contributed by atoms with E-state index in [4.69, 9.17) is 4.74 Å². The summed E-state index contributed by atoms with van der Waals surface area (Å²) in [5, 5.41) is 9.43. The van der Waals surface area contributed by atoms with Crippen LogP contribution in [0.25, 0.3) is 11.3 Å². The molecule has 188 valence electrons. The minimum atomic E-state index is -4.87. The Hall–Kier alpha value is -4.45. The molecule has 2 aromatic carbocycles. The molecule has 0 radical (unpaired) electrons. The molecule has 0 bridgehead atoms. The van der Waals surface area contributed by atoms with Crippen molar-refractivity contribution >= 4 is 0 Å². The zero-order chi connectivity index (χ0) is 26.9. The maximum Gasteiger partial charge on any atom is 0.417 e. The number of aromatic nitrogens is 3. The van der Waals surface area contributed by atoms with Gasteiger partial charge in [-0.3, -0.25) is 4.79 Å². The third kappa shape index (κ3) is 5.54. The van der Waals surface area contributed by atoms with Crippen molar-refractivity contribution in [1.29, 1.82) is 5.26 Å². The van der Waals surface area contributed by atoms with Crippen LogP contribution in [0.4, 0.5) is 13.2 Å². The Kier molecular flexibility index (Phi) is 6.86. The van der Waals surface area contributed by atoms with Gasteiger partial charge in [0.25, 0.3) is 5.56 Å². The fourth-order valence-corrected chi connectivity index (χ4v) is 4.11. The molecule has 0 fully saturated rings. The maximum atomic E-state index is 13.8. The Morgan fingerprint density at radius 2 is 1.59 bits per heavy atom. The van der Waals surface area contributed by atoms with Crippen molar-refractivity contribution in [2.24, 2.45) is 0 Å². The number of benzene rings is 2. The topological polar surface area (TPSA) is 80.8 Å². The zero-order valence-corrected chi connectivity index (χ0v) is 20.6. The van der Waals surface area contributed by atoms with Gasteiger partial charge in [0.05, 0.1) is 17.8 Å². The van der Waals surface area contributed by atoms with Crippen molar-refractivity contribution in [2.75, 3.05) is 0 Å². The number of rotatable bonds is 5. The molecular formula is C28H23F3N4O2. The number of aryl methyl sites for hydroxylation is 4. The molecule has 0 aliphatic rings. The highest BCUT2D eigenvalue weighted by atomic mass is 19.4. The van der Waals surface area contributed by atoms with E-state index >= 15 is 0 Å². The van der Waals surface area contributed by atoms with E-state index < -0.39 is 22.9 Å². The van der Waals surface area contributed by atoms with Gasteiger partial charge in [0.2, 0.25) is 0 Å². The summed E-state index contributed by atoms with van der Waals surface area (Å²) in [5.41, 5.74) is 1.29. The van der Waals surface area contributed by atoms with Gasteiger partial charge < -0.3 is 9.30 Å². The second kappa shape index (κ2) is 9.90. The first kappa shape index (κ1) is 25.6. The van der Waals surface area contributed by atoms with Crippen LogP contribution in [0.3, 0.4) is 0 Å². The second-order valence-electron chi connectivity index (χ2n) is 8.81. The highest BCUT2D eigenvalue weighted by Gasteiger charge is 2.36. The van der Waals surface area contributed by atoms with Crippen molar-refractivity contribution in [3.63, 3.8) is 0 Å². The van der Waals surface area contributed by atoms with E-state index in [9.17, 15) is 23.2 Å². The number of hydrogen-bond acceptors (Lipinski definition) is 5. The lowest BCUT2D eigenvalue weighted by Gasteiger charge is -2.19. The smallest absolute Gasteiger partial charge is 0.417 e. The molecule has 4 rings (SSSR count). The van der Waals surface area contributed by atoms with Crippen LogP contribution in [-0.4, -0.2) is 14.5 Å². The molecule has 0 saturated carbocycles. The van der Waals surface area contributed by atoms with Gasteiger partial charge in [0, 0.05) is 11.4 Å². The van der Waals surface area contributed by atoms with Crippen molar-refractivity contribution in [3.8, 4) is 29.1 Å². The largest absolute Gasteiger partial charge is 0.424 e. The third-order valence-corrected chi connectivity index (χ3v) is 5.86. The quantitative estimate of drug-likeness (QED) is 0.320. The summed E-state index contributed by atoms with van der Waals surface area (Å²) in [6, 6.07) is 16.1. The van der Waals surface area contributed by atoms with Gasteiger partial charge in [0.1, 0.15) is 17.4 Å². The molecule has 0 saturated heterocycles. The van der Waals surface area contributed by atoms with E-state index in [0.717, 1.165) is 34.1 Å². The van der Waals surface area contributed by atoms with Crippen LogP contribution in [0, 0.1) is 39.0 Å². The number of halogens is 3. The maximum absolute atomic E-state index is 13.8. The summed E-state index contributed by atoms with van der Waals surface area (Å²) < 4.78 is 48.4. The Balaban J connectivity index is 1.83. The third-order valence-electron chi connectivity index (χ3n) is 5.86. The van der Waals surface area contributed by atoms with Gasteiger partial charge >= 0.3 is 12.2 Å². The molecule has 37 heavy (non-hydrogen) atoms. The first-order chi connectivity index (χ1) is 17.5. The molecule has 0 unspecified atom stereocenters. The van der Waals surface area contributed by atoms with Crippen LogP contribution in [0.15, 0.2) is 59.4 Å². The highest BCUT2D eigenvalue weighted by molar-refractivity contribution is 5.63. The van der Waals surface area contributed by atoms with Crippen molar-refractivity contribution in [1.82, 2.24) is 14.5 Å². The molecule has 0 aliphatic carbocycles. The lowest BCUT2D eigenvalue weighted by Crippen LogP contribution is -2.29. The van der Waals surface area contributed by atoms with E-state index in [2.05, 4.69) is 9.97 Å². The minimum Gasteiger partial charge on any atom is -0.424 e. The molecule has 0 aliphatic heterocycles. The standard InChI is InChI=1S/C28H23F3N4O2/c1-16-5-6-21(17(2)11-16)15-35-25(13-24(28(29,30)31)23(14-32)26(35)36)20-7-9-22(10-8-20)37-27-33-18(3)12-19(4)34-27/h5-13H,15H2,1-4H3. The average Bonchev–Trinajstić information content (AvgIpc) is 2.81. The van der Waals surface area contributed by atoms with Gasteiger partial charge in [-0.2, -0.15) is 18.4 Å². The second-order valence-corrected chi connectivity index (χ2v) is 8.81. The number of ether oxygens (including phenoxy) is 1. The summed E-state index contributed by atoms with van der Waals surface area (Å²) in [4.78, 5) is 21.7. The van der Waals surface area contributed by atoms with Crippen molar-refractivity contribution in [2.45, 2.75) is 40.4 Å². The number of alkyl halides is 3. The number of nitriles is 1. The number of hydrogen-bond donors (Lipinski definition) is 0. The Morgan fingerprint density at radius 1 is 0.946 bits per heavy atom. The Morgan fingerprint density at radius 3 is 2.16 bits per heavy atom. The predicted molar refractivity (Wildman–Crippen MR) is 132 cm³/mol. The average molecular weight is 505 g/mol. The predicted octanol–water partition coefficient (Wildman–Crippen LogP) is 6.27. The van der Waals surface area contributed by atoms with Crippen molar-refractivity contribution in [3.05, 3.63) is 104 Å². The van der Waals surface area contributed by atoms with Crippen LogP contribution in [0.1, 0.15) is 39.2 Å². The lowest BCUT2D eigenvalue weighted by atomic mass is 10.0. The fourth-order valence-electron chi connectivity index (χ4n) is 4.11. The van der Waals surface area contributed by atoms with Crippen LogP contribution in [-0.2, 0) is 12.7 Å². The normalized spacial score (nSPS) is 11.3. The SMILES string of the molecule is Cc1ccc(Cn2c(-c3ccc(Oc4nc(C)cc(C)n4)cc3)cc(C(F)(F)F)c(C#N)c2=O)c(C)c1. The summed E-state index contributed by atoms with van der Waals surface area (Å²) in [6.07, 6.45) is -4.87. The van der Waals surface area contributed by atoms with E-state index in [1.807, 2.05) is 45.9 Å². The van der Waals surface area contributed by atoms with E-state index in [0.29, 0.717) is 11.3 Å². The van der Waals surface area contributed by atoms with E-state index in [-0.39, 0.29) is 18.2 Å². The fraction of sp³-hybridized carbons (Fsp3) is 0.214. The molecule has 2 aromatic heterocycles. The molecule has 0 atom stereocenters. The summed E-state index contributed by atoms with van der Waals surface area (Å²) >= 11 is 0. The summed E-state index contributed by atoms with van der Waals surface area (Å²) in [7, 11) is 0. The first-order valence-corrected chi connectivity index (χ1v) is 11.4. The zero-order valence-electron chi connectivity index (χ0n) is 20.6. The van der Waals surface area contributed by atoms with Gasteiger partial charge in [-0.1, -0.05) is 23.8 Å². The van der Waals surface area contributed by atoms with Gasteiger partial charge in [-0.15, -0.1) is 0 Å². The van der Waals surface area contributed by atoms with Crippen LogP contribution in [0.5, 0.6) is 11.8 Å². The lowest BCUT2D eigenvalue weighted by molar-refractivity contribution is -0.137. The van der Waals surface area contributed by atoms with Crippen LogP contribution >= 0.6 is 0 Å². The molecule has 0 spiro atoms. The molecule has 0 amide bonds. The molecule has 9 heteroatoms. The molecular weight excluding hydrogens is 481 g/mol. The first-order valence-electron chi connectivity index (χ1n) is 11.4.